The smallest absolute Gasteiger partial charge is 0.155 e. The van der Waals surface area contributed by atoms with E-state index in [1.54, 1.807) is 0 Å². The van der Waals surface area contributed by atoms with Crippen LogP contribution in [0.4, 0.5) is 5.82 Å². The molecule has 1 fully saturated rings. The number of H-pyrrole nitrogens is 1. The summed E-state index contributed by atoms with van der Waals surface area (Å²) < 4.78 is 0. The largest absolute Gasteiger partial charge is 0.368 e. The average molecular weight is 349 g/mol. The first-order valence-electron chi connectivity index (χ1n) is 9.25. The van der Waals surface area contributed by atoms with E-state index in [1.807, 2.05) is 18.2 Å². The lowest BCUT2D eigenvalue weighted by Crippen LogP contribution is -2.41. The van der Waals surface area contributed by atoms with Gasteiger partial charge in [0, 0.05) is 23.0 Å². The fourth-order valence-electron chi connectivity index (χ4n) is 3.76. The molecule has 1 aromatic carbocycles. The number of aromatic nitrogens is 2. The zero-order chi connectivity index (χ0) is 16.9. The summed E-state index contributed by atoms with van der Waals surface area (Å²) in [6, 6.07) is 6.51. The monoisotopic (exact) mass is 348 g/mol. The Bertz CT molecular complexity index is 646. The van der Waals surface area contributed by atoms with Crippen LogP contribution in [-0.4, -0.2) is 40.8 Å². The van der Waals surface area contributed by atoms with E-state index >= 15 is 0 Å². The van der Waals surface area contributed by atoms with E-state index in [0.717, 1.165) is 40.6 Å². The molecule has 2 aromatic rings. The second kappa shape index (κ2) is 8.21. The number of piperidine rings is 1. The lowest BCUT2D eigenvalue weighted by Gasteiger charge is -2.35. The average Bonchev–Trinajstić information content (AvgIpc) is 2.97. The molecule has 1 aliphatic rings. The Hall–Kier alpha value is -1.26. The molecule has 132 valence electrons. The number of likely N-dealkylation sites (tertiary alicyclic amines) is 1. The number of nitrogens with one attached hydrogen (secondary N) is 2. The second-order valence-corrected chi connectivity index (χ2v) is 7.79. The quantitative estimate of drug-likeness (QED) is 0.746. The van der Waals surface area contributed by atoms with Crippen LogP contribution in [0.1, 0.15) is 46.0 Å². The zero-order valence-corrected chi connectivity index (χ0v) is 15.6. The number of halogens is 1. The summed E-state index contributed by atoms with van der Waals surface area (Å²) in [7, 11) is 0. The molecule has 1 aromatic heterocycles. The first-order valence-corrected chi connectivity index (χ1v) is 9.63. The maximum Gasteiger partial charge on any atom is 0.155 e. The molecule has 1 unspecified atom stereocenters. The summed E-state index contributed by atoms with van der Waals surface area (Å²) >= 11 is 6.11. The van der Waals surface area contributed by atoms with Crippen LogP contribution in [0.5, 0.6) is 0 Å². The fraction of sp³-hybridized carbons (Fsp3) is 0.632. The van der Waals surface area contributed by atoms with Crippen molar-refractivity contribution in [2.24, 2.45) is 5.92 Å². The SMILES string of the molecule is CC(C)CC(CCNc1n[nH]c2ccc(Cl)cc12)N1CCCCC1. The summed E-state index contributed by atoms with van der Waals surface area (Å²) in [6.07, 6.45) is 6.53. The summed E-state index contributed by atoms with van der Waals surface area (Å²) in [5, 5.41) is 12.8. The molecular weight excluding hydrogens is 320 g/mol. The van der Waals surface area contributed by atoms with E-state index in [0.29, 0.717) is 6.04 Å². The Morgan fingerprint density at radius 3 is 2.79 bits per heavy atom. The third kappa shape index (κ3) is 4.42. The van der Waals surface area contributed by atoms with Gasteiger partial charge >= 0.3 is 0 Å². The lowest BCUT2D eigenvalue weighted by atomic mass is 9.97. The highest BCUT2D eigenvalue weighted by atomic mass is 35.5. The molecular formula is C19H29ClN4. The summed E-state index contributed by atoms with van der Waals surface area (Å²) in [6.45, 7) is 8.12. The van der Waals surface area contributed by atoms with Crippen LogP contribution in [0.3, 0.4) is 0 Å². The van der Waals surface area contributed by atoms with Gasteiger partial charge in [0.25, 0.3) is 0 Å². The predicted octanol–water partition coefficient (Wildman–Crippen LogP) is 4.92. The number of aromatic amines is 1. The van der Waals surface area contributed by atoms with Gasteiger partial charge in [-0.1, -0.05) is 31.9 Å². The maximum atomic E-state index is 6.11. The molecule has 5 heteroatoms. The van der Waals surface area contributed by atoms with E-state index in [1.165, 1.54) is 38.8 Å². The van der Waals surface area contributed by atoms with Crippen molar-refractivity contribution in [2.45, 2.75) is 52.0 Å². The normalized spacial score (nSPS) is 17.5. The Labute approximate surface area is 149 Å². The molecule has 2 N–H and O–H groups in total. The minimum absolute atomic E-state index is 0.673. The molecule has 0 bridgehead atoms. The van der Waals surface area contributed by atoms with Crippen molar-refractivity contribution in [3.8, 4) is 0 Å². The molecule has 4 nitrogen and oxygen atoms in total. The Balaban J connectivity index is 1.60. The van der Waals surface area contributed by atoms with Crippen LogP contribution in [0.15, 0.2) is 18.2 Å². The van der Waals surface area contributed by atoms with Crippen LogP contribution in [-0.2, 0) is 0 Å². The number of rotatable bonds is 7. The molecule has 0 amide bonds. The van der Waals surface area contributed by atoms with E-state index in [-0.39, 0.29) is 0 Å². The molecule has 3 rings (SSSR count). The van der Waals surface area contributed by atoms with Crippen LogP contribution < -0.4 is 5.32 Å². The van der Waals surface area contributed by atoms with Gasteiger partial charge in [0.1, 0.15) is 0 Å². The van der Waals surface area contributed by atoms with Gasteiger partial charge in [-0.2, -0.15) is 5.10 Å². The standard InChI is InChI=1S/C19H29ClN4/c1-14(2)12-16(24-10-4-3-5-11-24)8-9-21-19-17-13-15(20)6-7-18(17)22-23-19/h6-7,13-14,16H,3-5,8-12H2,1-2H3,(H2,21,22,23). The Morgan fingerprint density at radius 1 is 1.25 bits per heavy atom. The first kappa shape index (κ1) is 17.6. The number of hydrogen-bond acceptors (Lipinski definition) is 3. The fourth-order valence-corrected chi connectivity index (χ4v) is 3.93. The summed E-state index contributed by atoms with van der Waals surface area (Å²) in [5.74, 6) is 1.65. The highest BCUT2D eigenvalue weighted by Crippen LogP contribution is 2.25. The number of anilines is 1. The Morgan fingerprint density at radius 2 is 2.04 bits per heavy atom. The van der Waals surface area contributed by atoms with Gasteiger partial charge in [-0.15, -0.1) is 0 Å². The third-order valence-electron chi connectivity index (χ3n) is 4.95. The Kier molecular flexibility index (Phi) is 6.01. The van der Waals surface area contributed by atoms with Crippen molar-refractivity contribution in [3.05, 3.63) is 23.2 Å². The molecule has 0 saturated carbocycles. The zero-order valence-electron chi connectivity index (χ0n) is 14.8. The minimum atomic E-state index is 0.673. The van der Waals surface area contributed by atoms with Crippen LogP contribution in [0.25, 0.3) is 10.9 Å². The topological polar surface area (TPSA) is 44.0 Å². The van der Waals surface area contributed by atoms with Crippen molar-refractivity contribution >= 4 is 28.3 Å². The summed E-state index contributed by atoms with van der Waals surface area (Å²) in [5.41, 5.74) is 1.02. The first-order chi connectivity index (χ1) is 11.6. The van der Waals surface area contributed by atoms with E-state index in [4.69, 9.17) is 11.6 Å². The molecule has 1 saturated heterocycles. The minimum Gasteiger partial charge on any atom is -0.368 e. The van der Waals surface area contributed by atoms with Gasteiger partial charge in [0.05, 0.1) is 5.52 Å². The van der Waals surface area contributed by atoms with Crippen LogP contribution in [0.2, 0.25) is 5.02 Å². The van der Waals surface area contributed by atoms with Gasteiger partial charge < -0.3 is 10.2 Å². The van der Waals surface area contributed by atoms with E-state index in [9.17, 15) is 0 Å². The molecule has 0 spiro atoms. The number of benzene rings is 1. The summed E-state index contributed by atoms with van der Waals surface area (Å²) in [4.78, 5) is 2.70. The molecule has 0 radical (unpaired) electrons. The number of hydrogen-bond donors (Lipinski definition) is 2. The van der Waals surface area contributed by atoms with E-state index in [2.05, 4.69) is 34.3 Å². The second-order valence-electron chi connectivity index (χ2n) is 7.36. The predicted molar refractivity (Wildman–Crippen MR) is 103 cm³/mol. The van der Waals surface area contributed by atoms with Crippen molar-refractivity contribution < 1.29 is 0 Å². The van der Waals surface area contributed by atoms with Crippen LogP contribution in [0, 0.1) is 5.92 Å². The van der Waals surface area contributed by atoms with Gasteiger partial charge in [-0.3, -0.25) is 5.10 Å². The molecule has 1 atom stereocenters. The highest BCUT2D eigenvalue weighted by Gasteiger charge is 2.21. The van der Waals surface area contributed by atoms with Crippen molar-refractivity contribution in [1.82, 2.24) is 15.1 Å². The number of fused-ring (bicyclic) bond motifs is 1. The van der Waals surface area contributed by atoms with E-state index < -0.39 is 0 Å². The third-order valence-corrected chi connectivity index (χ3v) is 5.18. The van der Waals surface area contributed by atoms with Crippen molar-refractivity contribution in [2.75, 3.05) is 25.0 Å². The molecule has 0 aliphatic carbocycles. The lowest BCUT2D eigenvalue weighted by molar-refractivity contribution is 0.139. The van der Waals surface area contributed by atoms with Gasteiger partial charge in [0.2, 0.25) is 0 Å². The molecule has 24 heavy (non-hydrogen) atoms. The molecule has 2 heterocycles. The van der Waals surface area contributed by atoms with Gasteiger partial charge in [-0.25, -0.2) is 0 Å². The van der Waals surface area contributed by atoms with Gasteiger partial charge in [-0.05, 0) is 62.9 Å². The molecule has 1 aliphatic heterocycles. The van der Waals surface area contributed by atoms with Crippen molar-refractivity contribution in [3.63, 3.8) is 0 Å². The maximum absolute atomic E-state index is 6.11. The van der Waals surface area contributed by atoms with Crippen molar-refractivity contribution in [1.29, 1.82) is 0 Å². The number of nitrogens with zero attached hydrogens (tertiary/aromatic N) is 2. The van der Waals surface area contributed by atoms with Crippen LogP contribution >= 0.6 is 11.6 Å². The van der Waals surface area contributed by atoms with Gasteiger partial charge in [0.15, 0.2) is 5.82 Å². The highest BCUT2D eigenvalue weighted by molar-refractivity contribution is 6.31.